The van der Waals surface area contributed by atoms with Crippen LogP contribution in [0.4, 0.5) is 0 Å². The number of hydrogen-bond donors (Lipinski definition) is 4. The van der Waals surface area contributed by atoms with Gasteiger partial charge in [0.15, 0.2) is 0 Å². The van der Waals surface area contributed by atoms with Crippen LogP contribution in [0.25, 0.3) is 10.9 Å². The van der Waals surface area contributed by atoms with Crippen molar-refractivity contribution in [3.05, 3.63) is 30.0 Å². The first kappa shape index (κ1) is 11.3. The predicted molar refractivity (Wildman–Crippen MR) is 60.1 cm³/mol. The number of benzene rings is 1. The summed E-state index contributed by atoms with van der Waals surface area (Å²) in [5, 5.41) is 28.4. The highest BCUT2D eigenvalue weighted by Gasteiger charge is 2.18. The van der Waals surface area contributed by atoms with Gasteiger partial charge in [0.05, 0.1) is 5.52 Å². The zero-order chi connectivity index (χ0) is 12.6. The lowest BCUT2D eigenvalue weighted by atomic mass is 10.1. The van der Waals surface area contributed by atoms with E-state index >= 15 is 0 Å². The summed E-state index contributed by atoms with van der Waals surface area (Å²) in [6, 6.07) is 3.61. The third-order valence-corrected chi connectivity index (χ3v) is 2.62. The minimum absolute atomic E-state index is 0.0112. The first-order valence-electron chi connectivity index (χ1n) is 5.00. The SMILES string of the molecule is NC(Cc1cn(O)c2cccc(O)c12)C(=O)O. The Morgan fingerprint density at radius 2 is 2.18 bits per heavy atom. The van der Waals surface area contributed by atoms with Crippen LogP contribution in [0, 0.1) is 0 Å². The second-order valence-corrected chi connectivity index (χ2v) is 3.82. The summed E-state index contributed by atoms with van der Waals surface area (Å²) in [4.78, 5) is 10.7. The van der Waals surface area contributed by atoms with E-state index in [0.717, 1.165) is 4.73 Å². The second-order valence-electron chi connectivity index (χ2n) is 3.82. The van der Waals surface area contributed by atoms with Crippen molar-refractivity contribution < 1.29 is 20.2 Å². The Morgan fingerprint density at radius 1 is 1.47 bits per heavy atom. The maximum atomic E-state index is 10.7. The van der Waals surface area contributed by atoms with Gasteiger partial charge < -0.3 is 21.2 Å². The van der Waals surface area contributed by atoms with E-state index in [0.29, 0.717) is 16.5 Å². The van der Waals surface area contributed by atoms with Crippen molar-refractivity contribution in [1.82, 2.24) is 4.73 Å². The number of aromatic hydroxyl groups is 1. The molecule has 1 aromatic heterocycles. The van der Waals surface area contributed by atoms with E-state index in [2.05, 4.69) is 0 Å². The Balaban J connectivity index is 2.51. The van der Waals surface area contributed by atoms with Crippen LogP contribution < -0.4 is 5.73 Å². The molecule has 6 nitrogen and oxygen atoms in total. The van der Waals surface area contributed by atoms with Gasteiger partial charge in [0.1, 0.15) is 11.8 Å². The molecule has 90 valence electrons. The maximum Gasteiger partial charge on any atom is 0.320 e. The lowest BCUT2D eigenvalue weighted by Gasteiger charge is -2.05. The minimum Gasteiger partial charge on any atom is -0.507 e. The number of aliphatic carboxylic acids is 1. The summed E-state index contributed by atoms with van der Waals surface area (Å²) in [6.07, 6.45) is 1.39. The molecule has 6 heteroatoms. The number of carbonyl (C=O) groups is 1. The van der Waals surface area contributed by atoms with Gasteiger partial charge in [-0.3, -0.25) is 4.79 Å². The van der Waals surface area contributed by atoms with Crippen LogP contribution in [0.3, 0.4) is 0 Å². The minimum atomic E-state index is -1.13. The van der Waals surface area contributed by atoms with Crippen LogP contribution >= 0.6 is 0 Å². The number of phenolic OH excluding ortho intramolecular Hbond substituents is 1. The number of fused-ring (bicyclic) bond motifs is 1. The Bertz CT molecular complexity index is 576. The van der Waals surface area contributed by atoms with Crippen molar-refractivity contribution in [1.29, 1.82) is 0 Å². The monoisotopic (exact) mass is 236 g/mol. The molecule has 0 bridgehead atoms. The van der Waals surface area contributed by atoms with Gasteiger partial charge in [0.2, 0.25) is 0 Å². The number of nitrogens with zero attached hydrogens (tertiary/aromatic N) is 1. The third-order valence-electron chi connectivity index (χ3n) is 2.62. The molecule has 0 amide bonds. The zero-order valence-electron chi connectivity index (χ0n) is 8.87. The fourth-order valence-corrected chi connectivity index (χ4v) is 1.81. The molecule has 0 aliphatic carbocycles. The first-order valence-corrected chi connectivity index (χ1v) is 5.00. The van der Waals surface area contributed by atoms with Gasteiger partial charge in [-0.1, -0.05) is 6.07 Å². The van der Waals surface area contributed by atoms with Gasteiger partial charge in [-0.15, -0.1) is 0 Å². The lowest BCUT2D eigenvalue weighted by Crippen LogP contribution is -2.32. The smallest absolute Gasteiger partial charge is 0.320 e. The average Bonchev–Trinajstić information content (AvgIpc) is 2.57. The topological polar surface area (TPSA) is 109 Å². The zero-order valence-corrected chi connectivity index (χ0v) is 8.87. The molecule has 2 aromatic rings. The molecule has 0 aliphatic heterocycles. The summed E-state index contributed by atoms with van der Waals surface area (Å²) in [5.41, 5.74) is 6.34. The van der Waals surface area contributed by atoms with Crippen molar-refractivity contribution in [2.75, 3.05) is 0 Å². The number of rotatable bonds is 3. The quantitative estimate of drug-likeness (QED) is 0.581. The van der Waals surface area contributed by atoms with Crippen molar-refractivity contribution >= 4 is 16.9 Å². The van der Waals surface area contributed by atoms with E-state index in [4.69, 9.17) is 10.8 Å². The summed E-state index contributed by atoms with van der Waals surface area (Å²) >= 11 is 0. The molecular formula is C11H12N2O4. The second kappa shape index (κ2) is 3.99. The molecule has 17 heavy (non-hydrogen) atoms. The molecule has 5 N–H and O–H groups in total. The summed E-state index contributed by atoms with van der Waals surface area (Å²) in [7, 11) is 0. The van der Waals surface area contributed by atoms with E-state index < -0.39 is 12.0 Å². The van der Waals surface area contributed by atoms with Crippen molar-refractivity contribution in [3.8, 4) is 5.75 Å². The van der Waals surface area contributed by atoms with Crippen molar-refractivity contribution in [2.45, 2.75) is 12.5 Å². The number of hydrogen-bond acceptors (Lipinski definition) is 4. The molecule has 0 radical (unpaired) electrons. The van der Waals surface area contributed by atoms with Gasteiger partial charge in [-0.05, 0) is 17.7 Å². The molecule has 1 heterocycles. The van der Waals surface area contributed by atoms with Gasteiger partial charge in [-0.25, -0.2) is 0 Å². The Morgan fingerprint density at radius 3 is 2.82 bits per heavy atom. The van der Waals surface area contributed by atoms with E-state index in [1.807, 2.05) is 0 Å². The fraction of sp³-hybridized carbons (Fsp3) is 0.182. The highest BCUT2D eigenvalue weighted by atomic mass is 16.5. The number of carboxylic acid groups (broad SMARTS) is 1. The first-order chi connectivity index (χ1) is 8.00. The maximum absolute atomic E-state index is 10.7. The highest BCUT2D eigenvalue weighted by Crippen LogP contribution is 2.29. The molecule has 0 fully saturated rings. The standard InChI is InChI=1S/C11H12N2O4/c12-7(11(15)16)4-6-5-13(17)8-2-1-3-9(14)10(6)8/h1-3,5,7,14,17H,4,12H2,(H,15,16). The largest absolute Gasteiger partial charge is 0.507 e. The van der Waals surface area contributed by atoms with Crippen LogP contribution in [0.15, 0.2) is 24.4 Å². The van der Waals surface area contributed by atoms with Crippen LogP contribution in [0.1, 0.15) is 5.56 Å². The van der Waals surface area contributed by atoms with Gasteiger partial charge in [-0.2, -0.15) is 4.73 Å². The third kappa shape index (κ3) is 1.90. The molecule has 2 rings (SSSR count). The summed E-state index contributed by atoms with van der Waals surface area (Å²) in [5.74, 6) is -1.14. The molecule has 0 aliphatic rings. The highest BCUT2D eigenvalue weighted by molar-refractivity contribution is 5.90. The molecule has 1 atom stereocenters. The molecule has 1 unspecified atom stereocenters. The van der Waals surface area contributed by atoms with Gasteiger partial charge in [0, 0.05) is 18.0 Å². The molecule has 0 saturated heterocycles. The average molecular weight is 236 g/mol. The molecule has 1 aromatic carbocycles. The van der Waals surface area contributed by atoms with Gasteiger partial charge in [0.25, 0.3) is 0 Å². The van der Waals surface area contributed by atoms with Gasteiger partial charge >= 0.3 is 5.97 Å². The lowest BCUT2D eigenvalue weighted by molar-refractivity contribution is -0.138. The van der Waals surface area contributed by atoms with E-state index in [1.165, 1.54) is 12.3 Å². The van der Waals surface area contributed by atoms with E-state index in [9.17, 15) is 15.1 Å². The Kier molecular flexibility index (Phi) is 2.64. The molecule has 0 saturated carbocycles. The Hall–Kier alpha value is -2.21. The van der Waals surface area contributed by atoms with Crippen LogP contribution in [-0.4, -0.2) is 32.2 Å². The van der Waals surface area contributed by atoms with Crippen LogP contribution in [0.2, 0.25) is 0 Å². The normalized spacial score (nSPS) is 12.8. The molecular weight excluding hydrogens is 224 g/mol. The summed E-state index contributed by atoms with van der Waals surface area (Å²) in [6.45, 7) is 0. The van der Waals surface area contributed by atoms with Crippen LogP contribution in [-0.2, 0) is 11.2 Å². The van der Waals surface area contributed by atoms with Crippen molar-refractivity contribution in [3.63, 3.8) is 0 Å². The van der Waals surface area contributed by atoms with Crippen molar-refractivity contribution in [2.24, 2.45) is 5.73 Å². The predicted octanol–water partition coefficient (Wildman–Crippen LogP) is 0.539. The summed E-state index contributed by atoms with van der Waals surface area (Å²) < 4.78 is 0.846. The Labute approximate surface area is 96.5 Å². The molecule has 0 spiro atoms. The number of carboxylic acids is 1. The number of phenols is 1. The number of nitrogens with two attached hydrogens (primary N) is 1. The van der Waals surface area contributed by atoms with E-state index in [1.54, 1.807) is 12.1 Å². The fourth-order valence-electron chi connectivity index (χ4n) is 1.81. The van der Waals surface area contributed by atoms with E-state index in [-0.39, 0.29) is 12.2 Å². The van der Waals surface area contributed by atoms with Crippen LogP contribution in [0.5, 0.6) is 5.75 Å². The number of aromatic nitrogens is 1.